The highest BCUT2D eigenvalue weighted by atomic mass is 16.7. The number of carboxylic acids is 1. The fourth-order valence-electron chi connectivity index (χ4n) is 0.464. The highest BCUT2D eigenvalue weighted by Gasteiger charge is 2.11. The van der Waals surface area contributed by atoms with Gasteiger partial charge in [-0.3, -0.25) is 9.63 Å². The molecule has 0 aromatic rings. The molecule has 0 aliphatic carbocycles. The maximum atomic E-state index is 10.9. The van der Waals surface area contributed by atoms with Crippen molar-refractivity contribution in [2.24, 2.45) is 5.73 Å². The second kappa shape index (κ2) is 5.99. The minimum Gasteiger partial charge on any atom is -0.479 e. The molecule has 72 valence electrons. The van der Waals surface area contributed by atoms with E-state index in [1.807, 2.05) is 5.48 Å². The molecule has 1 atom stereocenters. The number of hydroxylamine groups is 1. The third-order valence-electron chi connectivity index (χ3n) is 1.04. The largest absolute Gasteiger partial charge is 0.479 e. The fraction of sp³-hybridized carbons (Fsp3) is 0.429. The molecule has 0 aromatic heterocycles. The van der Waals surface area contributed by atoms with E-state index in [2.05, 4.69) is 10.8 Å². The topological polar surface area (TPSA) is 102 Å². The first-order valence-corrected chi connectivity index (χ1v) is 3.40. The van der Waals surface area contributed by atoms with Crippen LogP contribution in [0.25, 0.3) is 0 Å². The summed E-state index contributed by atoms with van der Waals surface area (Å²) >= 11 is 0. The SMILES string of the molecule is C#CCC(N)C(=O)NOCC(=O)O. The molecule has 0 fully saturated rings. The molecule has 0 heterocycles. The lowest BCUT2D eigenvalue weighted by Gasteiger charge is -2.07. The molecule has 0 saturated heterocycles. The van der Waals surface area contributed by atoms with Crippen LogP contribution >= 0.6 is 0 Å². The average Bonchev–Trinajstić information content (AvgIpc) is 2.04. The summed E-state index contributed by atoms with van der Waals surface area (Å²) in [6.45, 7) is -0.617. The summed E-state index contributed by atoms with van der Waals surface area (Å²) in [7, 11) is 0. The smallest absolute Gasteiger partial charge is 0.332 e. The van der Waals surface area contributed by atoms with E-state index in [-0.39, 0.29) is 6.42 Å². The molecule has 6 heteroatoms. The van der Waals surface area contributed by atoms with Gasteiger partial charge in [0.15, 0.2) is 6.61 Å². The Morgan fingerprint density at radius 1 is 1.69 bits per heavy atom. The number of terminal acetylenes is 1. The van der Waals surface area contributed by atoms with E-state index >= 15 is 0 Å². The Morgan fingerprint density at radius 3 is 2.77 bits per heavy atom. The van der Waals surface area contributed by atoms with Crippen LogP contribution in [0.4, 0.5) is 0 Å². The summed E-state index contributed by atoms with van der Waals surface area (Å²) in [4.78, 5) is 25.1. The van der Waals surface area contributed by atoms with Crippen LogP contribution in [0.3, 0.4) is 0 Å². The van der Waals surface area contributed by atoms with Gasteiger partial charge in [-0.1, -0.05) is 0 Å². The Labute approximate surface area is 75.0 Å². The van der Waals surface area contributed by atoms with Gasteiger partial charge in [-0.15, -0.1) is 12.3 Å². The van der Waals surface area contributed by atoms with Crippen LogP contribution < -0.4 is 11.2 Å². The third-order valence-corrected chi connectivity index (χ3v) is 1.04. The number of rotatable bonds is 5. The van der Waals surface area contributed by atoms with Crippen molar-refractivity contribution in [1.82, 2.24) is 5.48 Å². The highest BCUT2D eigenvalue weighted by molar-refractivity contribution is 5.81. The van der Waals surface area contributed by atoms with Crippen molar-refractivity contribution in [1.29, 1.82) is 0 Å². The minimum absolute atomic E-state index is 0.0717. The summed E-state index contributed by atoms with van der Waals surface area (Å²) in [6, 6.07) is -0.876. The summed E-state index contributed by atoms with van der Waals surface area (Å²) < 4.78 is 0. The van der Waals surface area contributed by atoms with Crippen LogP contribution in [0.15, 0.2) is 0 Å². The van der Waals surface area contributed by atoms with Crippen molar-refractivity contribution >= 4 is 11.9 Å². The van der Waals surface area contributed by atoms with Crippen LogP contribution in [0.2, 0.25) is 0 Å². The van der Waals surface area contributed by atoms with Crippen LogP contribution in [-0.4, -0.2) is 29.6 Å². The molecule has 0 spiro atoms. The summed E-state index contributed by atoms with van der Waals surface area (Å²) in [5.41, 5.74) is 7.12. The molecule has 0 aliphatic rings. The van der Waals surface area contributed by atoms with Gasteiger partial charge in [0, 0.05) is 6.42 Å². The number of amides is 1. The number of hydrogen-bond acceptors (Lipinski definition) is 4. The van der Waals surface area contributed by atoms with E-state index in [9.17, 15) is 9.59 Å². The van der Waals surface area contributed by atoms with Gasteiger partial charge in [-0.2, -0.15) is 0 Å². The number of nitrogens with two attached hydrogens (primary N) is 1. The predicted molar refractivity (Wildman–Crippen MR) is 43.2 cm³/mol. The van der Waals surface area contributed by atoms with Crippen molar-refractivity contribution < 1.29 is 19.5 Å². The quantitative estimate of drug-likeness (QED) is 0.357. The normalized spacial score (nSPS) is 11.4. The third kappa shape index (κ3) is 5.66. The predicted octanol–water partition coefficient (Wildman–Crippen LogP) is -1.53. The van der Waals surface area contributed by atoms with E-state index in [1.54, 1.807) is 0 Å². The monoisotopic (exact) mass is 186 g/mol. The number of nitrogens with one attached hydrogen (secondary N) is 1. The molecule has 4 N–H and O–H groups in total. The molecule has 0 bridgehead atoms. The van der Waals surface area contributed by atoms with Gasteiger partial charge < -0.3 is 10.8 Å². The zero-order valence-corrected chi connectivity index (χ0v) is 6.82. The van der Waals surface area contributed by atoms with Crippen LogP contribution in [0, 0.1) is 12.3 Å². The van der Waals surface area contributed by atoms with Crippen molar-refractivity contribution in [2.75, 3.05) is 6.61 Å². The van der Waals surface area contributed by atoms with Crippen molar-refractivity contribution in [2.45, 2.75) is 12.5 Å². The lowest BCUT2D eigenvalue weighted by molar-refractivity contribution is -0.149. The van der Waals surface area contributed by atoms with E-state index in [0.29, 0.717) is 0 Å². The van der Waals surface area contributed by atoms with Gasteiger partial charge in [0.2, 0.25) is 0 Å². The van der Waals surface area contributed by atoms with Gasteiger partial charge in [0.25, 0.3) is 5.91 Å². The first kappa shape index (κ1) is 11.4. The number of carboxylic acid groups (broad SMARTS) is 1. The molecule has 0 aromatic carbocycles. The maximum absolute atomic E-state index is 10.9. The summed E-state index contributed by atoms with van der Waals surface area (Å²) in [6.07, 6.45) is 4.97. The summed E-state index contributed by atoms with van der Waals surface area (Å²) in [5, 5.41) is 8.13. The molecule has 0 saturated carbocycles. The lowest BCUT2D eigenvalue weighted by Crippen LogP contribution is -2.40. The first-order chi connectivity index (χ1) is 6.07. The molecule has 0 radical (unpaired) electrons. The van der Waals surface area contributed by atoms with Gasteiger partial charge in [-0.05, 0) is 0 Å². The fourth-order valence-corrected chi connectivity index (χ4v) is 0.464. The maximum Gasteiger partial charge on any atom is 0.332 e. The van der Waals surface area contributed by atoms with Crippen LogP contribution in [-0.2, 0) is 14.4 Å². The number of aliphatic carboxylic acids is 1. The standard InChI is InChI=1S/C7H10N2O4/c1-2-3-5(8)7(12)9-13-4-6(10)11/h1,5H,3-4,8H2,(H,9,12)(H,10,11). The molecule has 6 nitrogen and oxygen atoms in total. The average molecular weight is 186 g/mol. The number of carbonyl (C=O) groups is 2. The Kier molecular flexibility index (Phi) is 5.27. The molecular weight excluding hydrogens is 176 g/mol. The minimum atomic E-state index is -1.19. The van der Waals surface area contributed by atoms with E-state index in [1.165, 1.54) is 0 Å². The zero-order chi connectivity index (χ0) is 10.3. The first-order valence-electron chi connectivity index (χ1n) is 3.40. The molecule has 0 aliphatic heterocycles. The van der Waals surface area contributed by atoms with Gasteiger partial charge >= 0.3 is 5.97 Å². The zero-order valence-electron chi connectivity index (χ0n) is 6.82. The number of hydrogen-bond donors (Lipinski definition) is 3. The molecule has 1 amide bonds. The molecule has 1 unspecified atom stereocenters. The Hall–Kier alpha value is -1.58. The van der Waals surface area contributed by atoms with Crippen molar-refractivity contribution in [3.63, 3.8) is 0 Å². The highest BCUT2D eigenvalue weighted by Crippen LogP contribution is 1.85. The Bertz CT molecular complexity index is 233. The van der Waals surface area contributed by atoms with Gasteiger partial charge in [0.1, 0.15) is 0 Å². The molecule has 0 rings (SSSR count). The second-order valence-electron chi connectivity index (χ2n) is 2.16. The Morgan fingerprint density at radius 2 is 2.31 bits per heavy atom. The van der Waals surface area contributed by atoms with E-state index in [4.69, 9.17) is 17.3 Å². The van der Waals surface area contributed by atoms with Gasteiger partial charge in [-0.25, -0.2) is 10.3 Å². The number of carbonyl (C=O) groups excluding carboxylic acids is 1. The van der Waals surface area contributed by atoms with Crippen LogP contribution in [0.5, 0.6) is 0 Å². The summed E-state index contributed by atoms with van der Waals surface area (Å²) in [5.74, 6) is 0.361. The van der Waals surface area contributed by atoms with Crippen molar-refractivity contribution in [3.05, 3.63) is 0 Å². The Balaban J connectivity index is 3.63. The molecule has 13 heavy (non-hydrogen) atoms. The van der Waals surface area contributed by atoms with Gasteiger partial charge in [0.05, 0.1) is 6.04 Å². The van der Waals surface area contributed by atoms with E-state index < -0.39 is 24.5 Å². The van der Waals surface area contributed by atoms with Crippen LogP contribution in [0.1, 0.15) is 6.42 Å². The van der Waals surface area contributed by atoms with E-state index in [0.717, 1.165) is 0 Å². The van der Waals surface area contributed by atoms with Crippen molar-refractivity contribution in [3.8, 4) is 12.3 Å². The lowest BCUT2D eigenvalue weighted by atomic mass is 10.2. The molecular formula is C7H10N2O4. The second-order valence-corrected chi connectivity index (χ2v) is 2.16.